The fourth-order valence-corrected chi connectivity index (χ4v) is 4.10. The summed E-state index contributed by atoms with van der Waals surface area (Å²) in [6, 6.07) is 0.274. The molecule has 0 aromatic carbocycles. The molecule has 2 aliphatic rings. The molecule has 1 aliphatic carbocycles. The van der Waals surface area contributed by atoms with Crippen molar-refractivity contribution in [1.82, 2.24) is 20.4 Å². The van der Waals surface area contributed by atoms with Gasteiger partial charge in [-0.15, -0.1) is 10.2 Å². The third kappa shape index (κ3) is 4.49. The Morgan fingerprint density at radius 1 is 1.29 bits per heavy atom. The molecule has 1 atom stereocenters. The molecular weight excluding hydrogens is 328 g/mol. The van der Waals surface area contributed by atoms with Gasteiger partial charge in [0, 0.05) is 25.9 Å². The summed E-state index contributed by atoms with van der Waals surface area (Å²) < 4.78 is 5.23. The molecule has 24 heavy (non-hydrogen) atoms. The number of likely N-dealkylation sites (tertiary alicyclic amines) is 1. The van der Waals surface area contributed by atoms with E-state index < -0.39 is 0 Å². The topological polar surface area (TPSA) is 88.3 Å². The standard InChI is InChI=1S/C16H24N4O3S/c1-11-18-19-16(23-11)24-10-14(21)17-12-8-15(22)20(9-12)13-6-4-2-3-5-7-13/h12-13H,2-10H2,1H3,(H,17,21)/t12-/m0/s1. The van der Waals surface area contributed by atoms with Gasteiger partial charge in [0.15, 0.2) is 0 Å². The number of hydrogen-bond donors (Lipinski definition) is 1. The lowest BCUT2D eigenvalue weighted by Gasteiger charge is -2.27. The number of hydrogen-bond acceptors (Lipinski definition) is 6. The number of aryl methyl sites for hydroxylation is 1. The molecule has 2 fully saturated rings. The van der Waals surface area contributed by atoms with Crippen molar-refractivity contribution in [2.24, 2.45) is 0 Å². The van der Waals surface area contributed by atoms with E-state index in [-0.39, 0.29) is 23.6 Å². The molecule has 1 aromatic heterocycles. The third-order valence-electron chi connectivity index (χ3n) is 4.62. The van der Waals surface area contributed by atoms with Gasteiger partial charge in [0.2, 0.25) is 17.7 Å². The Bertz CT molecular complexity index is 584. The minimum Gasteiger partial charge on any atom is -0.416 e. The quantitative estimate of drug-likeness (QED) is 0.643. The average Bonchev–Trinajstić information content (AvgIpc) is 3.01. The summed E-state index contributed by atoms with van der Waals surface area (Å²) in [6.45, 7) is 2.35. The molecule has 8 heteroatoms. The molecule has 0 spiro atoms. The normalized spacial score (nSPS) is 22.6. The maximum atomic E-state index is 12.3. The van der Waals surface area contributed by atoms with Gasteiger partial charge < -0.3 is 14.6 Å². The summed E-state index contributed by atoms with van der Waals surface area (Å²) in [5.41, 5.74) is 0. The minimum atomic E-state index is -0.101. The Morgan fingerprint density at radius 2 is 2.04 bits per heavy atom. The van der Waals surface area contributed by atoms with E-state index in [9.17, 15) is 9.59 Å². The Labute approximate surface area is 145 Å². The van der Waals surface area contributed by atoms with Crippen LogP contribution in [0.3, 0.4) is 0 Å². The highest BCUT2D eigenvalue weighted by Gasteiger charge is 2.35. The first-order valence-corrected chi connectivity index (χ1v) is 9.62. The van der Waals surface area contributed by atoms with E-state index in [4.69, 9.17) is 4.42 Å². The summed E-state index contributed by atoms with van der Waals surface area (Å²) >= 11 is 1.21. The van der Waals surface area contributed by atoms with Crippen LogP contribution in [-0.4, -0.2) is 51.3 Å². The number of rotatable bonds is 5. The number of aromatic nitrogens is 2. The number of thioether (sulfide) groups is 1. The van der Waals surface area contributed by atoms with Crippen molar-refractivity contribution in [3.63, 3.8) is 0 Å². The van der Waals surface area contributed by atoms with E-state index in [0.717, 1.165) is 12.8 Å². The first kappa shape index (κ1) is 17.3. The van der Waals surface area contributed by atoms with Crippen LogP contribution in [0.5, 0.6) is 0 Å². The average molecular weight is 352 g/mol. The first-order valence-electron chi connectivity index (χ1n) is 8.63. The number of amides is 2. The van der Waals surface area contributed by atoms with Crippen LogP contribution in [0.25, 0.3) is 0 Å². The lowest BCUT2D eigenvalue weighted by molar-refractivity contribution is -0.129. The summed E-state index contributed by atoms with van der Waals surface area (Å²) in [4.78, 5) is 26.4. The summed E-state index contributed by atoms with van der Waals surface area (Å²) in [6.07, 6.45) is 7.54. The lowest BCUT2D eigenvalue weighted by Crippen LogP contribution is -2.41. The van der Waals surface area contributed by atoms with Crippen molar-refractivity contribution >= 4 is 23.6 Å². The SMILES string of the molecule is Cc1nnc(SCC(=O)N[C@H]2CC(=O)N(C3CCCCCC3)C2)o1. The zero-order chi connectivity index (χ0) is 16.9. The van der Waals surface area contributed by atoms with E-state index in [2.05, 4.69) is 15.5 Å². The molecule has 1 aromatic rings. The smallest absolute Gasteiger partial charge is 0.277 e. The minimum absolute atomic E-state index is 0.0849. The van der Waals surface area contributed by atoms with Crippen molar-refractivity contribution in [3.05, 3.63) is 5.89 Å². The van der Waals surface area contributed by atoms with Gasteiger partial charge >= 0.3 is 0 Å². The van der Waals surface area contributed by atoms with Gasteiger partial charge in [0.25, 0.3) is 5.22 Å². The fourth-order valence-electron chi connectivity index (χ4n) is 3.48. The van der Waals surface area contributed by atoms with E-state index in [1.54, 1.807) is 6.92 Å². The molecule has 0 bridgehead atoms. The van der Waals surface area contributed by atoms with Crippen LogP contribution in [0.1, 0.15) is 50.8 Å². The van der Waals surface area contributed by atoms with Gasteiger partial charge in [0.1, 0.15) is 0 Å². The molecule has 1 aliphatic heterocycles. The molecule has 1 saturated heterocycles. The van der Waals surface area contributed by atoms with Crippen LogP contribution in [0.4, 0.5) is 0 Å². The third-order valence-corrected chi connectivity index (χ3v) is 5.44. The van der Waals surface area contributed by atoms with Crippen molar-refractivity contribution in [2.75, 3.05) is 12.3 Å². The molecule has 1 N–H and O–H groups in total. The van der Waals surface area contributed by atoms with Crippen LogP contribution in [-0.2, 0) is 9.59 Å². The van der Waals surface area contributed by atoms with Crippen LogP contribution in [0.2, 0.25) is 0 Å². The number of carbonyl (C=O) groups is 2. The lowest BCUT2D eigenvalue weighted by atomic mass is 10.1. The second kappa shape index (κ2) is 8.00. The van der Waals surface area contributed by atoms with Crippen LogP contribution < -0.4 is 5.32 Å². The summed E-state index contributed by atoms with van der Waals surface area (Å²) in [7, 11) is 0. The van der Waals surface area contributed by atoms with Gasteiger partial charge in [-0.05, 0) is 12.8 Å². The highest BCUT2D eigenvalue weighted by molar-refractivity contribution is 7.99. The molecule has 2 heterocycles. The highest BCUT2D eigenvalue weighted by atomic mass is 32.2. The second-order valence-electron chi connectivity index (χ2n) is 6.54. The number of nitrogens with zero attached hydrogens (tertiary/aromatic N) is 3. The van der Waals surface area contributed by atoms with E-state index in [1.807, 2.05) is 4.90 Å². The maximum Gasteiger partial charge on any atom is 0.277 e. The summed E-state index contributed by atoms with van der Waals surface area (Å²) in [5.74, 6) is 0.775. The van der Waals surface area contributed by atoms with Crippen LogP contribution in [0, 0.1) is 6.92 Å². The first-order chi connectivity index (χ1) is 11.6. The number of nitrogens with one attached hydrogen (secondary N) is 1. The molecule has 1 saturated carbocycles. The van der Waals surface area contributed by atoms with Crippen molar-refractivity contribution in [3.8, 4) is 0 Å². The molecule has 3 rings (SSSR count). The highest BCUT2D eigenvalue weighted by Crippen LogP contribution is 2.26. The zero-order valence-electron chi connectivity index (χ0n) is 14.0. The van der Waals surface area contributed by atoms with Gasteiger partial charge in [-0.1, -0.05) is 37.4 Å². The van der Waals surface area contributed by atoms with Gasteiger partial charge in [-0.2, -0.15) is 0 Å². The predicted molar refractivity (Wildman–Crippen MR) is 89.5 cm³/mol. The molecule has 0 unspecified atom stereocenters. The van der Waals surface area contributed by atoms with Gasteiger partial charge in [0.05, 0.1) is 11.8 Å². The summed E-state index contributed by atoms with van der Waals surface area (Å²) in [5, 5.41) is 10.9. The van der Waals surface area contributed by atoms with Crippen molar-refractivity contribution < 1.29 is 14.0 Å². The Balaban J connectivity index is 1.45. The van der Waals surface area contributed by atoms with Crippen molar-refractivity contribution in [1.29, 1.82) is 0 Å². The monoisotopic (exact) mass is 352 g/mol. The van der Waals surface area contributed by atoms with E-state index in [0.29, 0.717) is 30.1 Å². The Kier molecular flexibility index (Phi) is 5.76. The fraction of sp³-hybridized carbons (Fsp3) is 0.750. The molecule has 132 valence electrons. The van der Waals surface area contributed by atoms with Crippen LogP contribution in [0.15, 0.2) is 9.64 Å². The largest absolute Gasteiger partial charge is 0.416 e. The molecule has 0 radical (unpaired) electrons. The predicted octanol–water partition coefficient (Wildman–Crippen LogP) is 1.91. The Hall–Kier alpha value is -1.57. The van der Waals surface area contributed by atoms with E-state index in [1.165, 1.54) is 37.4 Å². The molecular formula is C16H24N4O3S. The van der Waals surface area contributed by atoms with Gasteiger partial charge in [-0.3, -0.25) is 9.59 Å². The van der Waals surface area contributed by atoms with Gasteiger partial charge in [-0.25, -0.2) is 0 Å². The molecule has 7 nitrogen and oxygen atoms in total. The Morgan fingerprint density at radius 3 is 2.71 bits per heavy atom. The second-order valence-corrected chi connectivity index (χ2v) is 7.46. The van der Waals surface area contributed by atoms with Crippen molar-refractivity contribution in [2.45, 2.75) is 69.2 Å². The van der Waals surface area contributed by atoms with Crippen LogP contribution >= 0.6 is 11.8 Å². The zero-order valence-corrected chi connectivity index (χ0v) is 14.8. The van der Waals surface area contributed by atoms with E-state index >= 15 is 0 Å². The molecule has 2 amide bonds. The number of carbonyl (C=O) groups excluding carboxylic acids is 2. The maximum absolute atomic E-state index is 12.3.